The number of rotatable bonds is 7. The lowest BCUT2D eigenvalue weighted by Gasteiger charge is -2.16. The molecule has 7 nitrogen and oxygen atoms in total. The van der Waals surface area contributed by atoms with Gasteiger partial charge in [0.2, 0.25) is 10.0 Å². The predicted octanol–water partition coefficient (Wildman–Crippen LogP) is 2.50. The molecule has 0 atom stereocenters. The highest BCUT2D eigenvalue weighted by molar-refractivity contribution is 7.89. The Morgan fingerprint density at radius 1 is 1.07 bits per heavy atom. The summed E-state index contributed by atoms with van der Waals surface area (Å²) in [5, 5.41) is 2.67. The lowest BCUT2D eigenvalue weighted by Crippen LogP contribution is -2.28. The highest BCUT2D eigenvalue weighted by Gasteiger charge is 2.27. The first-order valence-corrected chi connectivity index (χ1v) is 10.1. The molecule has 2 aromatic carbocycles. The van der Waals surface area contributed by atoms with Crippen LogP contribution in [0.1, 0.15) is 12.8 Å². The molecule has 1 aliphatic heterocycles. The summed E-state index contributed by atoms with van der Waals surface area (Å²) in [6.45, 7) is 0.888. The Labute approximate surface area is 158 Å². The third-order valence-corrected chi connectivity index (χ3v) is 6.14. The molecule has 1 amide bonds. The average molecular weight is 390 g/mol. The number of hydrogen-bond acceptors (Lipinski definition) is 5. The smallest absolute Gasteiger partial charge is 0.262 e. The molecule has 1 saturated heterocycles. The molecule has 0 unspecified atom stereocenters. The predicted molar refractivity (Wildman–Crippen MR) is 102 cm³/mol. The van der Waals surface area contributed by atoms with E-state index in [1.165, 1.54) is 16.4 Å². The van der Waals surface area contributed by atoms with E-state index in [-0.39, 0.29) is 17.4 Å². The van der Waals surface area contributed by atoms with Crippen LogP contribution >= 0.6 is 0 Å². The number of hydrogen-bond donors (Lipinski definition) is 1. The van der Waals surface area contributed by atoms with E-state index < -0.39 is 10.0 Å². The van der Waals surface area contributed by atoms with Gasteiger partial charge in [-0.2, -0.15) is 4.31 Å². The minimum Gasteiger partial charge on any atom is -0.497 e. The number of methoxy groups -OCH3 is 1. The minimum atomic E-state index is -3.52. The first-order valence-electron chi connectivity index (χ1n) is 8.66. The van der Waals surface area contributed by atoms with Crippen molar-refractivity contribution in [3.05, 3.63) is 48.5 Å². The maximum atomic E-state index is 12.6. The number of nitrogens with zero attached hydrogens (tertiary/aromatic N) is 1. The molecule has 0 aliphatic carbocycles. The summed E-state index contributed by atoms with van der Waals surface area (Å²) in [5.74, 6) is 0.862. The van der Waals surface area contributed by atoms with E-state index in [0.29, 0.717) is 30.3 Å². The van der Waals surface area contributed by atoms with Crippen molar-refractivity contribution in [3.8, 4) is 11.5 Å². The zero-order chi connectivity index (χ0) is 19.3. The van der Waals surface area contributed by atoms with Crippen LogP contribution in [0.5, 0.6) is 11.5 Å². The Kier molecular flexibility index (Phi) is 5.98. The van der Waals surface area contributed by atoms with Gasteiger partial charge >= 0.3 is 0 Å². The maximum absolute atomic E-state index is 12.6. The molecule has 0 spiro atoms. The summed E-state index contributed by atoms with van der Waals surface area (Å²) in [5.41, 5.74) is 0.415. The number of anilines is 1. The summed E-state index contributed by atoms with van der Waals surface area (Å²) in [6.07, 6.45) is 1.75. The van der Waals surface area contributed by atoms with Crippen molar-refractivity contribution in [1.82, 2.24) is 4.31 Å². The fraction of sp³-hybridized carbons (Fsp3) is 0.316. The fourth-order valence-electron chi connectivity index (χ4n) is 2.83. The van der Waals surface area contributed by atoms with Crippen molar-refractivity contribution in [2.45, 2.75) is 17.7 Å². The van der Waals surface area contributed by atoms with Crippen LogP contribution in [-0.2, 0) is 14.8 Å². The van der Waals surface area contributed by atoms with Crippen molar-refractivity contribution in [1.29, 1.82) is 0 Å². The van der Waals surface area contributed by atoms with E-state index >= 15 is 0 Å². The molecule has 1 N–H and O–H groups in total. The molecule has 3 rings (SSSR count). The summed E-state index contributed by atoms with van der Waals surface area (Å²) in [4.78, 5) is 12.3. The van der Waals surface area contributed by atoms with Crippen LogP contribution in [0.2, 0.25) is 0 Å². The molecular weight excluding hydrogens is 368 g/mol. The van der Waals surface area contributed by atoms with Crippen LogP contribution in [0.15, 0.2) is 53.4 Å². The zero-order valence-electron chi connectivity index (χ0n) is 15.1. The van der Waals surface area contributed by atoms with Crippen molar-refractivity contribution >= 4 is 21.6 Å². The van der Waals surface area contributed by atoms with E-state index in [4.69, 9.17) is 9.47 Å². The third kappa shape index (κ3) is 4.78. The van der Waals surface area contributed by atoms with E-state index in [1.807, 2.05) is 0 Å². The lowest BCUT2D eigenvalue weighted by molar-refractivity contribution is -0.118. The van der Waals surface area contributed by atoms with Crippen molar-refractivity contribution in [2.75, 3.05) is 32.1 Å². The minimum absolute atomic E-state index is 0.179. The van der Waals surface area contributed by atoms with Gasteiger partial charge in [0.25, 0.3) is 5.91 Å². The highest BCUT2D eigenvalue weighted by atomic mass is 32.2. The van der Waals surface area contributed by atoms with E-state index in [9.17, 15) is 13.2 Å². The van der Waals surface area contributed by atoms with E-state index in [1.54, 1.807) is 43.5 Å². The molecule has 0 bridgehead atoms. The van der Waals surface area contributed by atoms with Gasteiger partial charge in [0.05, 0.1) is 12.0 Å². The van der Waals surface area contributed by atoms with Gasteiger partial charge in [-0.15, -0.1) is 0 Å². The molecule has 144 valence electrons. The molecule has 2 aromatic rings. The molecule has 1 aliphatic rings. The van der Waals surface area contributed by atoms with Crippen LogP contribution in [-0.4, -0.2) is 45.4 Å². The van der Waals surface area contributed by atoms with Crippen LogP contribution < -0.4 is 14.8 Å². The zero-order valence-corrected chi connectivity index (χ0v) is 15.9. The van der Waals surface area contributed by atoms with Crippen molar-refractivity contribution in [2.24, 2.45) is 0 Å². The molecule has 1 fully saturated rings. The normalized spacial score (nSPS) is 14.7. The lowest BCUT2D eigenvalue weighted by atomic mass is 10.3. The topological polar surface area (TPSA) is 84.9 Å². The van der Waals surface area contributed by atoms with Crippen LogP contribution in [0.3, 0.4) is 0 Å². The molecular formula is C19H22N2O5S. The van der Waals surface area contributed by atoms with E-state index in [2.05, 4.69) is 5.32 Å². The monoisotopic (exact) mass is 390 g/mol. The standard InChI is InChI=1S/C19H22N2O5S/c1-25-16-7-9-17(10-8-16)26-14-19(22)20-15-5-4-6-18(13-15)27(23,24)21-11-2-3-12-21/h4-10,13H,2-3,11-12,14H2,1H3,(H,20,22). The Balaban J connectivity index is 1.60. The first-order chi connectivity index (χ1) is 13.0. The second kappa shape index (κ2) is 8.41. The highest BCUT2D eigenvalue weighted by Crippen LogP contribution is 2.23. The van der Waals surface area contributed by atoms with Gasteiger partial charge in [-0.1, -0.05) is 6.07 Å². The Morgan fingerprint density at radius 2 is 1.74 bits per heavy atom. The Morgan fingerprint density at radius 3 is 2.41 bits per heavy atom. The van der Waals surface area contributed by atoms with Gasteiger partial charge in [-0.05, 0) is 55.3 Å². The molecule has 8 heteroatoms. The Bertz CT molecular complexity index is 891. The molecule has 0 radical (unpaired) electrons. The third-order valence-electron chi connectivity index (χ3n) is 4.25. The molecule has 27 heavy (non-hydrogen) atoms. The SMILES string of the molecule is COc1ccc(OCC(=O)Nc2cccc(S(=O)(=O)N3CCCC3)c2)cc1. The number of carbonyl (C=O) groups excluding carboxylic acids is 1. The van der Waals surface area contributed by atoms with Gasteiger partial charge in [0.15, 0.2) is 6.61 Å². The molecule has 0 aromatic heterocycles. The Hall–Kier alpha value is -2.58. The number of carbonyl (C=O) groups is 1. The summed E-state index contributed by atoms with van der Waals surface area (Å²) < 4.78 is 37.2. The van der Waals surface area contributed by atoms with Gasteiger partial charge in [-0.3, -0.25) is 4.79 Å². The average Bonchev–Trinajstić information content (AvgIpc) is 3.23. The number of sulfonamides is 1. The van der Waals surface area contributed by atoms with Gasteiger partial charge < -0.3 is 14.8 Å². The van der Waals surface area contributed by atoms with Crippen LogP contribution in [0.4, 0.5) is 5.69 Å². The van der Waals surface area contributed by atoms with Crippen molar-refractivity contribution in [3.63, 3.8) is 0 Å². The quantitative estimate of drug-likeness (QED) is 0.785. The van der Waals surface area contributed by atoms with Crippen LogP contribution in [0, 0.1) is 0 Å². The fourth-order valence-corrected chi connectivity index (χ4v) is 4.39. The maximum Gasteiger partial charge on any atom is 0.262 e. The van der Waals surface area contributed by atoms with Gasteiger partial charge in [0.1, 0.15) is 11.5 Å². The number of ether oxygens (including phenoxy) is 2. The second-order valence-electron chi connectivity index (χ2n) is 6.15. The van der Waals surface area contributed by atoms with Crippen LogP contribution in [0.25, 0.3) is 0 Å². The largest absolute Gasteiger partial charge is 0.497 e. The van der Waals surface area contributed by atoms with Crippen molar-refractivity contribution < 1.29 is 22.7 Å². The van der Waals surface area contributed by atoms with Gasteiger partial charge in [0, 0.05) is 18.8 Å². The summed E-state index contributed by atoms with van der Waals surface area (Å²) >= 11 is 0. The molecule has 1 heterocycles. The second-order valence-corrected chi connectivity index (χ2v) is 8.09. The molecule has 0 saturated carbocycles. The number of nitrogens with one attached hydrogen (secondary N) is 1. The van der Waals surface area contributed by atoms with E-state index in [0.717, 1.165) is 12.8 Å². The number of amides is 1. The summed E-state index contributed by atoms with van der Waals surface area (Å²) in [7, 11) is -1.95. The number of benzene rings is 2. The summed E-state index contributed by atoms with van der Waals surface area (Å²) in [6, 6.07) is 13.2. The first kappa shape index (κ1) is 19.2. The van der Waals surface area contributed by atoms with Gasteiger partial charge in [-0.25, -0.2) is 8.42 Å².